The maximum atomic E-state index is 12.1. The average molecular weight is 268 g/mol. The monoisotopic (exact) mass is 268 g/mol. The molecule has 2 atom stereocenters. The Morgan fingerprint density at radius 2 is 2.05 bits per heavy atom. The number of hydrogen-bond acceptors (Lipinski definition) is 3. The van der Waals surface area contributed by atoms with Crippen LogP contribution in [0.15, 0.2) is 12.2 Å². The molecule has 1 saturated heterocycles. The smallest absolute Gasteiger partial charge is 0.308 e. The maximum Gasteiger partial charge on any atom is 0.308 e. The molecule has 108 valence electrons. The normalized spacial score (nSPS) is 23.3. The van der Waals surface area contributed by atoms with E-state index < -0.39 is 5.97 Å². The lowest BCUT2D eigenvalue weighted by atomic mass is 9.99. The van der Waals surface area contributed by atoms with Crippen molar-refractivity contribution in [3.63, 3.8) is 0 Å². The molecular weight excluding hydrogens is 244 g/mol. The predicted octanol–water partition coefficient (Wildman–Crippen LogP) is 1.06. The SMILES string of the molecule is C=C(C)CN(CC)C(=O)CN1CC(C)C(C(=O)O)C1. The van der Waals surface area contributed by atoms with Crippen LogP contribution in [-0.2, 0) is 9.59 Å². The first kappa shape index (κ1) is 15.7. The molecule has 0 bridgehead atoms. The molecule has 1 N–H and O–H groups in total. The topological polar surface area (TPSA) is 60.9 Å². The summed E-state index contributed by atoms with van der Waals surface area (Å²) in [6, 6.07) is 0. The third-order valence-electron chi connectivity index (χ3n) is 3.56. The van der Waals surface area contributed by atoms with Crippen molar-refractivity contribution in [1.82, 2.24) is 9.80 Å². The largest absolute Gasteiger partial charge is 0.481 e. The van der Waals surface area contributed by atoms with Gasteiger partial charge >= 0.3 is 5.97 Å². The Balaban J connectivity index is 2.53. The van der Waals surface area contributed by atoms with E-state index in [2.05, 4.69) is 6.58 Å². The molecule has 2 unspecified atom stereocenters. The van der Waals surface area contributed by atoms with Gasteiger partial charge in [0.05, 0.1) is 12.5 Å². The van der Waals surface area contributed by atoms with Crippen LogP contribution in [0.25, 0.3) is 0 Å². The molecule has 19 heavy (non-hydrogen) atoms. The van der Waals surface area contributed by atoms with E-state index in [0.717, 1.165) is 5.57 Å². The standard InChI is InChI=1S/C14H24N2O3/c1-5-16(6-10(2)3)13(17)9-15-7-11(4)12(8-15)14(18)19/h11-12H,2,5-9H2,1,3-4H3,(H,18,19). The molecule has 1 rings (SSSR count). The van der Waals surface area contributed by atoms with Gasteiger partial charge in [-0.15, -0.1) is 0 Å². The summed E-state index contributed by atoms with van der Waals surface area (Å²) in [5.74, 6) is -0.981. The maximum absolute atomic E-state index is 12.1. The van der Waals surface area contributed by atoms with Crippen LogP contribution in [0, 0.1) is 11.8 Å². The van der Waals surface area contributed by atoms with E-state index in [9.17, 15) is 9.59 Å². The molecule has 0 spiro atoms. The van der Waals surface area contributed by atoms with Crippen LogP contribution in [0.3, 0.4) is 0 Å². The highest BCUT2D eigenvalue weighted by Crippen LogP contribution is 2.22. The van der Waals surface area contributed by atoms with E-state index in [4.69, 9.17) is 5.11 Å². The molecule has 0 saturated carbocycles. The van der Waals surface area contributed by atoms with E-state index in [0.29, 0.717) is 32.7 Å². The minimum Gasteiger partial charge on any atom is -0.481 e. The Bertz CT molecular complexity index is 368. The molecule has 0 aromatic carbocycles. The van der Waals surface area contributed by atoms with Gasteiger partial charge in [-0.05, 0) is 19.8 Å². The number of likely N-dealkylation sites (N-methyl/N-ethyl adjacent to an activating group) is 1. The minimum atomic E-state index is -0.767. The van der Waals surface area contributed by atoms with Crippen LogP contribution in [0.2, 0.25) is 0 Å². The molecule has 0 aliphatic carbocycles. The van der Waals surface area contributed by atoms with Crippen molar-refractivity contribution in [2.24, 2.45) is 11.8 Å². The van der Waals surface area contributed by atoms with Gasteiger partial charge in [0, 0.05) is 26.2 Å². The van der Waals surface area contributed by atoms with Crippen molar-refractivity contribution < 1.29 is 14.7 Å². The minimum absolute atomic E-state index is 0.0451. The molecular formula is C14H24N2O3. The molecule has 0 aromatic rings. The molecule has 0 aromatic heterocycles. The number of carboxylic acid groups (broad SMARTS) is 1. The van der Waals surface area contributed by atoms with Crippen LogP contribution < -0.4 is 0 Å². The average Bonchev–Trinajstić information content (AvgIpc) is 2.66. The van der Waals surface area contributed by atoms with Gasteiger partial charge in [0.15, 0.2) is 0 Å². The Morgan fingerprint density at radius 3 is 2.47 bits per heavy atom. The second-order valence-electron chi connectivity index (χ2n) is 5.48. The van der Waals surface area contributed by atoms with Crippen molar-refractivity contribution in [2.45, 2.75) is 20.8 Å². The van der Waals surface area contributed by atoms with Gasteiger partial charge in [-0.25, -0.2) is 0 Å². The van der Waals surface area contributed by atoms with E-state index in [1.165, 1.54) is 0 Å². The highest BCUT2D eigenvalue weighted by atomic mass is 16.4. The van der Waals surface area contributed by atoms with Crippen LogP contribution >= 0.6 is 0 Å². The quantitative estimate of drug-likeness (QED) is 0.732. The molecule has 1 amide bonds. The number of amides is 1. The zero-order valence-corrected chi connectivity index (χ0v) is 12.1. The van der Waals surface area contributed by atoms with Gasteiger partial charge in [0.25, 0.3) is 0 Å². The Labute approximate surface area is 114 Å². The summed E-state index contributed by atoms with van der Waals surface area (Å²) in [7, 11) is 0. The number of carbonyl (C=O) groups excluding carboxylic acids is 1. The first-order valence-corrected chi connectivity index (χ1v) is 6.72. The summed E-state index contributed by atoms with van der Waals surface area (Å²) in [5, 5.41) is 9.08. The Kier molecular flexibility index (Phi) is 5.54. The number of aliphatic carboxylic acids is 1. The van der Waals surface area contributed by atoms with Crippen molar-refractivity contribution in [3.05, 3.63) is 12.2 Å². The fraction of sp³-hybridized carbons (Fsp3) is 0.714. The van der Waals surface area contributed by atoms with Crippen LogP contribution in [0.1, 0.15) is 20.8 Å². The molecule has 0 radical (unpaired) electrons. The van der Waals surface area contributed by atoms with Gasteiger partial charge in [-0.2, -0.15) is 0 Å². The summed E-state index contributed by atoms with van der Waals surface area (Å²) < 4.78 is 0. The first-order chi connectivity index (χ1) is 8.85. The Morgan fingerprint density at radius 1 is 1.42 bits per heavy atom. The van der Waals surface area contributed by atoms with Crippen LogP contribution in [-0.4, -0.2) is 59.5 Å². The Hall–Kier alpha value is -1.36. The molecule has 5 nitrogen and oxygen atoms in total. The lowest BCUT2D eigenvalue weighted by Crippen LogP contribution is -2.40. The number of hydrogen-bond donors (Lipinski definition) is 1. The number of carboxylic acids is 1. The fourth-order valence-corrected chi connectivity index (χ4v) is 2.51. The zero-order valence-electron chi connectivity index (χ0n) is 12.1. The van der Waals surface area contributed by atoms with Crippen LogP contribution in [0.4, 0.5) is 0 Å². The second kappa shape index (κ2) is 6.70. The van der Waals surface area contributed by atoms with E-state index in [-0.39, 0.29) is 17.7 Å². The number of rotatable bonds is 6. The van der Waals surface area contributed by atoms with Crippen molar-refractivity contribution >= 4 is 11.9 Å². The van der Waals surface area contributed by atoms with Gasteiger partial charge in [-0.3, -0.25) is 14.5 Å². The van der Waals surface area contributed by atoms with Gasteiger partial charge in [0.1, 0.15) is 0 Å². The zero-order chi connectivity index (χ0) is 14.6. The highest BCUT2D eigenvalue weighted by Gasteiger charge is 2.35. The molecule has 5 heteroatoms. The molecule has 1 aliphatic rings. The summed E-state index contributed by atoms with van der Waals surface area (Å²) in [5.41, 5.74) is 0.952. The van der Waals surface area contributed by atoms with Gasteiger partial charge in [-0.1, -0.05) is 19.1 Å². The third-order valence-corrected chi connectivity index (χ3v) is 3.56. The predicted molar refractivity (Wildman–Crippen MR) is 73.8 cm³/mol. The number of nitrogens with zero attached hydrogens (tertiary/aromatic N) is 2. The first-order valence-electron chi connectivity index (χ1n) is 6.72. The lowest BCUT2D eigenvalue weighted by Gasteiger charge is -2.24. The summed E-state index contributed by atoms with van der Waals surface area (Å²) in [6.07, 6.45) is 0. The summed E-state index contributed by atoms with van der Waals surface area (Å²) in [4.78, 5) is 26.9. The summed E-state index contributed by atoms with van der Waals surface area (Å²) in [6.45, 7) is 12.2. The van der Waals surface area contributed by atoms with Crippen molar-refractivity contribution in [2.75, 3.05) is 32.7 Å². The van der Waals surface area contributed by atoms with Gasteiger partial charge in [0.2, 0.25) is 5.91 Å². The fourth-order valence-electron chi connectivity index (χ4n) is 2.51. The molecule has 1 heterocycles. The van der Waals surface area contributed by atoms with E-state index in [1.54, 1.807) is 4.90 Å². The second-order valence-corrected chi connectivity index (χ2v) is 5.48. The lowest BCUT2D eigenvalue weighted by molar-refractivity contribution is -0.142. The third kappa shape index (κ3) is 4.35. The van der Waals surface area contributed by atoms with E-state index >= 15 is 0 Å². The highest BCUT2D eigenvalue weighted by molar-refractivity contribution is 5.79. The van der Waals surface area contributed by atoms with E-state index in [1.807, 2.05) is 25.7 Å². The van der Waals surface area contributed by atoms with Gasteiger partial charge < -0.3 is 10.0 Å². The molecule has 1 fully saturated rings. The van der Waals surface area contributed by atoms with Crippen molar-refractivity contribution in [3.8, 4) is 0 Å². The molecule has 1 aliphatic heterocycles. The van der Waals surface area contributed by atoms with Crippen molar-refractivity contribution in [1.29, 1.82) is 0 Å². The van der Waals surface area contributed by atoms with Crippen LogP contribution in [0.5, 0.6) is 0 Å². The summed E-state index contributed by atoms with van der Waals surface area (Å²) >= 11 is 0. The number of carbonyl (C=O) groups is 2. The number of likely N-dealkylation sites (tertiary alicyclic amines) is 1.